The van der Waals surface area contributed by atoms with E-state index in [4.69, 9.17) is 9.97 Å². The van der Waals surface area contributed by atoms with E-state index in [0.717, 1.165) is 72.1 Å². The van der Waals surface area contributed by atoms with Crippen molar-refractivity contribution in [2.45, 2.75) is 39.7 Å². The van der Waals surface area contributed by atoms with Gasteiger partial charge in [-0.2, -0.15) is 10.1 Å². The van der Waals surface area contributed by atoms with Crippen molar-refractivity contribution in [2.24, 2.45) is 0 Å². The summed E-state index contributed by atoms with van der Waals surface area (Å²) in [6.07, 6.45) is 4.04. The normalized spacial score (nSPS) is 17.9. The first-order chi connectivity index (χ1) is 13.1. The second kappa shape index (κ2) is 7.52. The van der Waals surface area contributed by atoms with Gasteiger partial charge in [-0.15, -0.1) is 0 Å². The summed E-state index contributed by atoms with van der Waals surface area (Å²) in [6.45, 7) is 9.32. The number of aromatic amines is 1. The van der Waals surface area contributed by atoms with Crippen molar-refractivity contribution in [2.75, 3.05) is 29.9 Å². The minimum Gasteiger partial charge on any atom is -0.340 e. The van der Waals surface area contributed by atoms with Gasteiger partial charge in [0.15, 0.2) is 0 Å². The Hall–Kier alpha value is -2.67. The zero-order chi connectivity index (χ0) is 18.8. The van der Waals surface area contributed by atoms with Crippen LogP contribution in [0.4, 0.5) is 17.5 Å². The van der Waals surface area contributed by atoms with Crippen molar-refractivity contribution in [1.29, 1.82) is 0 Å². The summed E-state index contributed by atoms with van der Waals surface area (Å²) in [6, 6.07) is 6.64. The van der Waals surface area contributed by atoms with Crippen LogP contribution in [0.3, 0.4) is 0 Å². The molecule has 1 aromatic carbocycles. The van der Waals surface area contributed by atoms with Crippen LogP contribution in [0.25, 0.3) is 10.9 Å². The predicted molar refractivity (Wildman–Crippen MR) is 110 cm³/mol. The fraction of sp³-hybridized carbons (Fsp3) is 0.450. The third kappa shape index (κ3) is 3.73. The average Bonchev–Trinajstić information content (AvgIpc) is 3.00. The molecule has 142 valence electrons. The van der Waals surface area contributed by atoms with Crippen LogP contribution in [0.5, 0.6) is 0 Å². The maximum absolute atomic E-state index is 4.88. The molecule has 3 N–H and O–H groups in total. The molecule has 1 fully saturated rings. The van der Waals surface area contributed by atoms with Gasteiger partial charge in [-0.1, -0.05) is 6.92 Å². The van der Waals surface area contributed by atoms with Crippen LogP contribution in [0.1, 0.15) is 31.0 Å². The Labute approximate surface area is 159 Å². The van der Waals surface area contributed by atoms with Gasteiger partial charge in [-0.3, -0.25) is 5.10 Å². The molecular formula is C20H27N7. The molecule has 7 nitrogen and oxygen atoms in total. The van der Waals surface area contributed by atoms with Crippen LogP contribution in [-0.4, -0.2) is 45.8 Å². The number of nitrogens with zero attached hydrogens (tertiary/aromatic N) is 4. The molecule has 1 atom stereocenters. The average molecular weight is 365 g/mol. The SMILES string of the molecule is CCC1CN(c2nc(C)c(C)c(Nc3ccc4[nH]ncc4c3)n2)CCCN1. The number of anilines is 3. The highest BCUT2D eigenvalue weighted by molar-refractivity contribution is 5.82. The molecule has 0 spiro atoms. The predicted octanol–water partition coefficient (Wildman–Crippen LogP) is 3.29. The van der Waals surface area contributed by atoms with Crippen LogP contribution in [-0.2, 0) is 0 Å². The number of H-pyrrole nitrogens is 1. The van der Waals surface area contributed by atoms with Crippen LogP contribution >= 0.6 is 0 Å². The minimum atomic E-state index is 0.484. The van der Waals surface area contributed by atoms with Crippen molar-refractivity contribution < 1.29 is 0 Å². The lowest BCUT2D eigenvalue weighted by molar-refractivity contribution is 0.527. The summed E-state index contributed by atoms with van der Waals surface area (Å²) in [7, 11) is 0. The van der Waals surface area contributed by atoms with Crippen molar-refractivity contribution in [1.82, 2.24) is 25.5 Å². The van der Waals surface area contributed by atoms with Gasteiger partial charge >= 0.3 is 0 Å². The largest absolute Gasteiger partial charge is 0.340 e. The third-order valence-corrected chi connectivity index (χ3v) is 5.33. The zero-order valence-electron chi connectivity index (χ0n) is 16.2. The maximum atomic E-state index is 4.88. The van der Waals surface area contributed by atoms with E-state index < -0.39 is 0 Å². The number of benzene rings is 1. The van der Waals surface area contributed by atoms with E-state index in [-0.39, 0.29) is 0 Å². The van der Waals surface area contributed by atoms with Crippen LogP contribution in [0, 0.1) is 13.8 Å². The molecule has 7 heteroatoms. The summed E-state index contributed by atoms with van der Waals surface area (Å²) in [5.74, 6) is 1.68. The van der Waals surface area contributed by atoms with Gasteiger partial charge in [-0.05, 0) is 51.4 Å². The number of hydrogen-bond donors (Lipinski definition) is 3. The van der Waals surface area contributed by atoms with Gasteiger partial charge in [0.05, 0.1) is 11.7 Å². The molecule has 0 amide bonds. The summed E-state index contributed by atoms with van der Waals surface area (Å²) in [5.41, 5.74) is 4.11. The maximum Gasteiger partial charge on any atom is 0.227 e. The third-order valence-electron chi connectivity index (χ3n) is 5.33. The summed E-state index contributed by atoms with van der Waals surface area (Å²) < 4.78 is 0. The van der Waals surface area contributed by atoms with Crippen molar-refractivity contribution in [3.05, 3.63) is 35.7 Å². The zero-order valence-corrected chi connectivity index (χ0v) is 16.2. The van der Waals surface area contributed by atoms with E-state index in [1.807, 2.05) is 18.3 Å². The van der Waals surface area contributed by atoms with Gasteiger partial charge in [0, 0.05) is 41.5 Å². The highest BCUT2D eigenvalue weighted by Crippen LogP contribution is 2.25. The first-order valence-corrected chi connectivity index (χ1v) is 9.67. The highest BCUT2D eigenvalue weighted by atomic mass is 15.3. The van der Waals surface area contributed by atoms with Gasteiger partial charge in [0.2, 0.25) is 5.95 Å². The number of aromatic nitrogens is 4. The number of hydrogen-bond acceptors (Lipinski definition) is 6. The standard InChI is InChI=1S/C20H27N7/c1-4-16-12-27(9-5-8-21-16)20-23-14(3)13(2)19(25-20)24-17-6-7-18-15(10-17)11-22-26-18/h6-7,10-11,16,21H,4-5,8-9,12H2,1-3H3,(H,22,26)(H,23,24,25). The van der Waals surface area contributed by atoms with E-state index >= 15 is 0 Å². The monoisotopic (exact) mass is 365 g/mol. The number of nitrogens with one attached hydrogen (secondary N) is 3. The minimum absolute atomic E-state index is 0.484. The number of rotatable bonds is 4. The van der Waals surface area contributed by atoms with Crippen LogP contribution < -0.4 is 15.5 Å². The first kappa shape index (κ1) is 17.7. The van der Waals surface area contributed by atoms with Crippen LogP contribution in [0.15, 0.2) is 24.4 Å². The molecule has 0 saturated carbocycles. The van der Waals surface area contributed by atoms with Gasteiger partial charge < -0.3 is 15.5 Å². The van der Waals surface area contributed by atoms with Gasteiger partial charge in [0.25, 0.3) is 0 Å². The van der Waals surface area contributed by atoms with Crippen molar-refractivity contribution >= 4 is 28.4 Å². The van der Waals surface area contributed by atoms with Crippen LogP contribution in [0.2, 0.25) is 0 Å². The van der Waals surface area contributed by atoms with E-state index in [1.54, 1.807) is 0 Å². The molecule has 0 radical (unpaired) electrons. The summed E-state index contributed by atoms with van der Waals surface area (Å²) in [4.78, 5) is 12.0. The summed E-state index contributed by atoms with van der Waals surface area (Å²) >= 11 is 0. The van der Waals surface area contributed by atoms with E-state index in [9.17, 15) is 0 Å². The van der Waals surface area contributed by atoms with Crippen molar-refractivity contribution in [3.63, 3.8) is 0 Å². The highest BCUT2D eigenvalue weighted by Gasteiger charge is 2.20. The fourth-order valence-corrected chi connectivity index (χ4v) is 3.49. The smallest absolute Gasteiger partial charge is 0.227 e. The Kier molecular flexibility index (Phi) is 4.94. The number of aryl methyl sites for hydroxylation is 1. The van der Waals surface area contributed by atoms with Gasteiger partial charge in [0.1, 0.15) is 5.82 Å². The second-order valence-electron chi connectivity index (χ2n) is 7.24. The molecule has 3 aromatic rings. The Morgan fingerprint density at radius 2 is 2.15 bits per heavy atom. The second-order valence-corrected chi connectivity index (χ2v) is 7.24. The topological polar surface area (TPSA) is 81.8 Å². The molecule has 1 unspecified atom stereocenters. The Bertz CT molecular complexity index is 933. The summed E-state index contributed by atoms with van der Waals surface area (Å²) in [5, 5.41) is 15.2. The van der Waals surface area contributed by atoms with Crippen molar-refractivity contribution in [3.8, 4) is 0 Å². The Morgan fingerprint density at radius 1 is 1.26 bits per heavy atom. The molecule has 27 heavy (non-hydrogen) atoms. The fourth-order valence-electron chi connectivity index (χ4n) is 3.49. The van der Waals surface area contributed by atoms with E-state index in [1.165, 1.54) is 0 Å². The molecule has 1 saturated heterocycles. The number of fused-ring (bicyclic) bond motifs is 1. The molecule has 0 aliphatic carbocycles. The lowest BCUT2D eigenvalue weighted by Gasteiger charge is -2.25. The molecular weight excluding hydrogens is 338 g/mol. The molecule has 2 aromatic heterocycles. The Morgan fingerprint density at radius 3 is 3.00 bits per heavy atom. The lowest BCUT2D eigenvalue weighted by atomic mass is 10.2. The molecule has 1 aliphatic heterocycles. The molecule has 4 rings (SSSR count). The molecule has 0 bridgehead atoms. The Balaban J connectivity index is 1.64. The van der Waals surface area contributed by atoms with Gasteiger partial charge in [-0.25, -0.2) is 4.98 Å². The quantitative estimate of drug-likeness (QED) is 0.658. The molecule has 1 aliphatic rings. The first-order valence-electron chi connectivity index (χ1n) is 9.67. The van der Waals surface area contributed by atoms with E-state index in [2.05, 4.69) is 52.6 Å². The lowest BCUT2D eigenvalue weighted by Crippen LogP contribution is -2.38. The molecule has 3 heterocycles. The van der Waals surface area contributed by atoms with E-state index in [0.29, 0.717) is 6.04 Å².